The Balaban J connectivity index is 1.27. The number of anilines is 2. The molecule has 0 spiro atoms. The number of benzene rings is 4. The van der Waals surface area contributed by atoms with Crippen LogP contribution in [0.5, 0.6) is 5.75 Å². The zero-order chi connectivity index (χ0) is 31.8. The quantitative estimate of drug-likeness (QED) is 0.224. The molecule has 5 aromatic rings. The molecule has 0 saturated carbocycles. The summed E-state index contributed by atoms with van der Waals surface area (Å²) in [4.78, 5) is 40.8. The van der Waals surface area contributed by atoms with Gasteiger partial charge in [-0.15, -0.1) is 5.10 Å². The Kier molecular flexibility index (Phi) is 9.58. The van der Waals surface area contributed by atoms with Crippen LogP contribution in [0, 0.1) is 5.82 Å². The molecule has 228 valence electrons. The summed E-state index contributed by atoms with van der Waals surface area (Å²) in [7, 11) is 3.23. The molecule has 0 saturated heterocycles. The predicted octanol–water partition coefficient (Wildman–Crippen LogP) is 4.74. The number of rotatable bonds is 11. The summed E-state index contributed by atoms with van der Waals surface area (Å²) in [6.45, 7) is -0.179. The average Bonchev–Trinajstić information content (AvgIpc) is 3.53. The smallest absolute Gasteiger partial charge is 0.258 e. The molecular formula is C34H31FN6O4. The van der Waals surface area contributed by atoms with Gasteiger partial charge in [0.05, 0.1) is 18.9 Å². The van der Waals surface area contributed by atoms with Crippen molar-refractivity contribution in [1.29, 1.82) is 0 Å². The summed E-state index contributed by atoms with van der Waals surface area (Å²) >= 11 is 0. The normalized spacial score (nSPS) is 11.4. The zero-order valence-corrected chi connectivity index (χ0v) is 24.7. The van der Waals surface area contributed by atoms with Crippen molar-refractivity contribution in [3.8, 4) is 17.0 Å². The van der Waals surface area contributed by atoms with Crippen molar-refractivity contribution in [2.24, 2.45) is 0 Å². The SMILES string of the molecule is COc1ccc(N(C)C(=O)C(Cc2ccccc2)NC(=O)Cn2cc(-c3cccc(NC(=O)c4ccccc4F)c3)nn2)cc1. The number of nitrogens with one attached hydrogen (secondary N) is 2. The molecule has 0 aliphatic heterocycles. The molecule has 3 amide bonds. The van der Waals surface area contributed by atoms with Crippen LogP contribution in [-0.4, -0.2) is 52.9 Å². The van der Waals surface area contributed by atoms with Gasteiger partial charge in [0.2, 0.25) is 11.8 Å². The van der Waals surface area contributed by atoms with Crippen LogP contribution in [0.2, 0.25) is 0 Å². The summed E-state index contributed by atoms with van der Waals surface area (Å²) in [5.41, 5.74) is 3.01. The lowest BCUT2D eigenvalue weighted by Crippen LogP contribution is -2.49. The number of carbonyl (C=O) groups excluding carboxylic acids is 3. The Morgan fingerprint density at radius 2 is 1.67 bits per heavy atom. The Labute approximate surface area is 259 Å². The van der Waals surface area contributed by atoms with Gasteiger partial charge in [0, 0.05) is 30.4 Å². The number of likely N-dealkylation sites (N-methyl/N-ethyl adjacent to an activating group) is 1. The summed E-state index contributed by atoms with van der Waals surface area (Å²) in [6.07, 6.45) is 1.88. The second-order valence-corrected chi connectivity index (χ2v) is 10.2. The molecule has 11 heteroatoms. The van der Waals surface area contributed by atoms with Crippen LogP contribution in [-0.2, 0) is 22.6 Å². The van der Waals surface area contributed by atoms with Gasteiger partial charge in [-0.1, -0.05) is 59.8 Å². The molecule has 0 aliphatic carbocycles. The van der Waals surface area contributed by atoms with Crippen LogP contribution in [0.4, 0.5) is 15.8 Å². The third kappa shape index (κ3) is 7.77. The summed E-state index contributed by atoms with van der Waals surface area (Å²) in [5, 5.41) is 13.8. The van der Waals surface area contributed by atoms with E-state index in [1.165, 1.54) is 27.8 Å². The average molecular weight is 607 g/mol. The number of methoxy groups -OCH3 is 1. The molecule has 0 radical (unpaired) electrons. The van der Waals surface area contributed by atoms with Gasteiger partial charge in [-0.2, -0.15) is 0 Å². The van der Waals surface area contributed by atoms with E-state index in [0.29, 0.717) is 34.8 Å². The standard InChI is InChI=1S/C34H31FN6O4/c1-40(26-15-17-27(45-2)18-16-26)34(44)30(19-23-9-4-3-5-10-23)37-32(42)22-41-21-31(38-39-41)24-11-8-12-25(20-24)36-33(43)28-13-6-7-14-29(28)35/h3-18,20-21,30H,19,22H2,1-2H3,(H,36,43)(H,37,42). The highest BCUT2D eigenvalue weighted by Crippen LogP contribution is 2.22. The number of aromatic nitrogens is 3. The molecule has 4 aromatic carbocycles. The molecule has 0 aliphatic rings. The van der Waals surface area contributed by atoms with Crippen molar-refractivity contribution < 1.29 is 23.5 Å². The largest absolute Gasteiger partial charge is 0.497 e. The van der Waals surface area contributed by atoms with E-state index in [4.69, 9.17) is 4.74 Å². The number of ether oxygens (including phenoxy) is 1. The van der Waals surface area contributed by atoms with E-state index >= 15 is 0 Å². The lowest BCUT2D eigenvalue weighted by molar-refractivity contribution is -0.127. The van der Waals surface area contributed by atoms with Crippen molar-refractivity contribution in [2.45, 2.75) is 19.0 Å². The Morgan fingerprint density at radius 1 is 0.933 bits per heavy atom. The first-order valence-corrected chi connectivity index (χ1v) is 14.1. The first-order valence-electron chi connectivity index (χ1n) is 14.1. The van der Waals surface area contributed by atoms with Gasteiger partial charge in [0.25, 0.3) is 5.91 Å². The first kappa shape index (κ1) is 30.6. The fourth-order valence-corrected chi connectivity index (χ4v) is 4.71. The molecular weight excluding hydrogens is 575 g/mol. The molecule has 5 rings (SSSR count). The van der Waals surface area contributed by atoms with Gasteiger partial charge in [-0.05, 0) is 54.1 Å². The molecule has 1 aromatic heterocycles. The number of hydrogen-bond acceptors (Lipinski definition) is 6. The number of hydrogen-bond donors (Lipinski definition) is 2. The van der Waals surface area contributed by atoms with Crippen molar-refractivity contribution in [3.05, 3.63) is 126 Å². The van der Waals surface area contributed by atoms with E-state index < -0.39 is 23.7 Å². The predicted molar refractivity (Wildman–Crippen MR) is 168 cm³/mol. The van der Waals surface area contributed by atoms with Crippen molar-refractivity contribution in [1.82, 2.24) is 20.3 Å². The summed E-state index contributed by atoms with van der Waals surface area (Å²) in [6, 6.07) is 28.2. The highest BCUT2D eigenvalue weighted by atomic mass is 19.1. The van der Waals surface area contributed by atoms with Gasteiger partial charge in [-0.25, -0.2) is 9.07 Å². The monoisotopic (exact) mass is 606 g/mol. The van der Waals surface area contributed by atoms with Crippen LogP contribution in [0.15, 0.2) is 109 Å². The number of nitrogens with zero attached hydrogens (tertiary/aromatic N) is 4. The number of carbonyl (C=O) groups is 3. The van der Waals surface area contributed by atoms with Crippen LogP contribution in [0.1, 0.15) is 15.9 Å². The topological polar surface area (TPSA) is 118 Å². The van der Waals surface area contributed by atoms with Crippen LogP contribution < -0.4 is 20.3 Å². The number of halogens is 1. The van der Waals surface area contributed by atoms with E-state index in [2.05, 4.69) is 20.9 Å². The van der Waals surface area contributed by atoms with E-state index in [1.807, 2.05) is 30.3 Å². The first-order chi connectivity index (χ1) is 21.8. The molecule has 1 heterocycles. The summed E-state index contributed by atoms with van der Waals surface area (Å²) < 4.78 is 20.6. The molecule has 1 unspecified atom stereocenters. The van der Waals surface area contributed by atoms with Gasteiger partial charge in [0.1, 0.15) is 29.8 Å². The maximum absolute atomic E-state index is 14.0. The van der Waals surface area contributed by atoms with Crippen LogP contribution in [0.25, 0.3) is 11.3 Å². The second kappa shape index (κ2) is 14.1. The van der Waals surface area contributed by atoms with E-state index in [1.54, 1.807) is 75.0 Å². The summed E-state index contributed by atoms with van der Waals surface area (Å²) in [5.74, 6) is -1.24. The van der Waals surface area contributed by atoms with Gasteiger partial charge in [0.15, 0.2) is 0 Å². The van der Waals surface area contributed by atoms with Crippen molar-refractivity contribution in [2.75, 3.05) is 24.4 Å². The third-order valence-corrected chi connectivity index (χ3v) is 7.09. The fraction of sp³-hybridized carbons (Fsp3) is 0.147. The molecule has 0 bridgehead atoms. The Hall–Kier alpha value is -5.84. The minimum atomic E-state index is -0.843. The second-order valence-electron chi connectivity index (χ2n) is 10.2. The van der Waals surface area contributed by atoms with Gasteiger partial charge >= 0.3 is 0 Å². The van der Waals surface area contributed by atoms with E-state index in [0.717, 1.165) is 5.56 Å². The maximum Gasteiger partial charge on any atom is 0.258 e. The van der Waals surface area contributed by atoms with Gasteiger partial charge in [-0.3, -0.25) is 14.4 Å². The third-order valence-electron chi connectivity index (χ3n) is 7.09. The zero-order valence-electron chi connectivity index (χ0n) is 24.7. The minimum Gasteiger partial charge on any atom is -0.497 e. The Bertz CT molecular complexity index is 1790. The van der Waals surface area contributed by atoms with Gasteiger partial charge < -0.3 is 20.3 Å². The molecule has 45 heavy (non-hydrogen) atoms. The van der Waals surface area contributed by atoms with Crippen molar-refractivity contribution >= 4 is 29.1 Å². The van der Waals surface area contributed by atoms with Crippen LogP contribution >= 0.6 is 0 Å². The lowest BCUT2D eigenvalue weighted by atomic mass is 10.0. The van der Waals surface area contributed by atoms with E-state index in [9.17, 15) is 18.8 Å². The minimum absolute atomic E-state index is 0.0703. The maximum atomic E-state index is 14.0. The highest BCUT2D eigenvalue weighted by molar-refractivity contribution is 6.04. The lowest BCUT2D eigenvalue weighted by Gasteiger charge is -2.25. The molecule has 2 N–H and O–H groups in total. The number of amides is 3. The fourth-order valence-electron chi connectivity index (χ4n) is 4.71. The Morgan fingerprint density at radius 3 is 2.40 bits per heavy atom. The molecule has 0 fully saturated rings. The highest BCUT2D eigenvalue weighted by Gasteiger charge is 2.26. The van der Waals surface area contributed by atoms with Crippen LogP contribution in [0.3, 0.4) is 0 Å². The molecule has 10 nitrogen and oxygen atoms in total. The molecule has 1 atom stereocenters. The van der Waals surface area contributed by atoms with E-state index in [-0.39, 0.29) is 18.0 Å². The van der Waals surface area contributed by atoms with Crippen molar-refractivity contribution in [3.63, 3.8) is 0 Å².